The molecule has 0 aromatic carbocycles. The van der Waals surface area contributed by atoms with Gasteiger partial charge in [-0.2, -0.15) is 4.98 Å². The number of rotatable bonds is 8. The van der Waals surface area contributed by atoms with Crippen LogP contribution in [-0.4, -0.2) is 48.7 Å². The number of ether oxygens (including phenoxy) is 3. The van der Waals surface area contributed by atoms with E-state index in [1.54, 1.807) is 7.11 Å². The van der Waals surface area contributed by atoms with Gasteiger partial charge in [0.25, 0.3) is 5.88 Å². The first-order valence-corrected chi connectivity index (χ1v) is 5.75. The van der Waals surface area contributed by atoms with Gasteiger partial charge in [-0.1, -0.05) is 11.6 Å². The quantitative estimate of drug-likeness (QED) is 0.675. The first kappa shape index (κ1) is 14.4. The normalized spacial score (nSPS) is 10.5. The Balaban J connectivity index is 2.15. The van der Waals surface area contributed by atoms with Crippen molar-refractivity contribution >= 4 is 23.2 Å². The van der Waals surface area contributed by atoms with Gasteiger partial charge in [0.05, 0.1) is 19.8 Å². The van der Waals surface area contributed by atoms with Gasteiger partial charge in [0.2, 0.25) is 10.4 Å². The Labute approximate surface area is 109 Å². The second-order valence-corrected chi connectivity index (χ2v) is 3.68. The maximum absolute atomic E-state index is 5.71. The van der Waals surface area contributed by atoms with Crippen molar-refractivity contribution in [3.8, 4) is 5.88 Å². The number of methoxy groups -OCH3 is 1. The number of halogens is 2. The Kier molecular flexibility index (Phi) is 7.11. The Morgan fingerprint density at radius 3 is 2.65 bits per heavy atom. The second-order valence-electron chi connectivity index (χ2n) is 2.98. The fourth-order valence-electron chi connectivity index (χ4n) is 0.946. The van der Waals surface area contributed by atoms with Gasteiger partial charge in [-0.15, -0.1) is 10.2 Å². The second kappa shape index (κ2) is 8.41. The van der Waals surface area contributed by atoms with Crippen LogP contribution in [0.5, 0.6) is 5.88 Å². The van der Waals surface area contributed by atoms with Gasteiger partial charge in [-0.25, -0.2) is 0 Å². The molecule has 0 saturated heterocycles. The molecule has 17 heavy (non-hydrogen) atoms. The lowest BCUT2D eigenvalue weighted by Crippen LogP contribution is -2.08. The molecule has 0 aliphatic heterocycles. The van der Waals surface area contributed by atoms with Gasteiger partial charge in [0.15, 0.2) is 0 Å². The predicted molar refractivity (Wildman–Crippen MR) is 62.7 cm³/mol. The Morgan fingerprint density at radius 2 is 1.88 bits per heavy atom. The largest absolute Gasteiger partial charge is 0.475 e. The monoisotopic (exact) mass is 281 g/mol. The summed E-state index contributed by atoms with van der Waals surface area (Å²) in [7, 11) is 1.63. The third-order valence-electron chi connectivity index (χ3n) is 1.69. The van der Waals surface area contributed by atoms with E-state index in [4.69, 9.17) is 37.4 Å². The molecule has 0 aliphatic rings. The molecule has 0 spiro atoms. The summed E-state index contributed by atoms with van der Waals surface area (Å²) in [4.78, 5) is 3.80. The van der Waals surface area contributed by atoms with Crippen molar-refractivity contribution in [3.05, 3.63) is 10.4 Å². The molecule has 0 aliphatic carbocycles. The first-order valence-electron chi connectivity index (χ1n) is 4.99. The Morgan fingerprint density at radius 1 is 1.06 bits per heavy atom. The van der Waals surface area contributed by atoms with Crippen LogP contribution in [-0.2, 0) is 9.47 Å². The summed E-state index contributed by atoms with van der Waals surface area (Å²) in [6, 6.07) is 0. The van der Waals surface area contributed by atoms with Gasteiger partial charge < -0.3 is 14.2 Å². The highest BCUT2D eigenvalue weighted by atomic mass is 35.5. The van der Waals surface area contributed by atoms with Crippen molar-refractivity contribution in [1.82, 2.24) is 15.2 Å². The third kappa shape index (κ3) is 5.97. The summed E-state index contributed by atoms with van der Waals surface area (Å²) in [5.41, 5.74) is 0. The average Bonchev–Trinajstić information content (AvgIpc) is 2.32. The molecule has 0 amide bonds. The van der Waals surface area contributed by atoms with E-state index in [1.165, 1.54) is 0 Å². The fraction of sp³-hybridized carbons (Fsp3) is 0.667. The fourth-order valence-corrected chi connectivity index (χ4v) is 1.20. The maximum Gasteiger partial charge on any atom is 0.256 e. The van der Waals surface area contributed by atoms with Gasteiger partial charge in [-0.3, -0.25) is 0 Å². The molecule has 0 N–H and O–H groups in total. The lowest BCUT2D eigenvalue weighted by Gasteiger charge is -2.06. The van der Waals surface area contributed by atoms with Crippen molar-refractivity contribution in [2.75, 3.05) is 33.5 Å². The molecule has 0 unspecified atom stereocenters. The van der Waals surface area contributed by atoms with E-state index in [-0.39, 0.29) is 16.3 Å². The topological polar surface area (TPSA) is 66.4 Å². The highest BCUT2D eigenvalue weighted by Crippen LogP contribution is 2.18. The van der Waals surface area contributed by atoms with Crippen LogP contribution in [0.1, 0.15) is 6.42 Å². The van der Waals surface area contributed by atoms with E-state index in [0.717, 1.165) is 0 Å². The van der Waals surface area contributed by atoms with Crippen LogP contribution in [0.25, 0.3) is 0 Å². The highest BCUT2D eigenvalue weighted by molar-refractivity contribution is 6.31. The Hall–Kier alpha value is -0.690. The van der Waals surface area contributed by atoms with Gasteiger partial charge in [-0.05, 0) is 11.6 Å². The van der Waals surface area contributed by atoms with Crippen LogP contribution in [0, 0.1) is 0 Å². The molecule has 0 radical (unpaired) electrons. The van der Waals surface area contributed by atoms with Crippen molar-refractivity contribution in [2.24, 2.45) is 0 Å². The number of nitrogens with zero attached hydrogens (tertiary/aromatic N) is 3. The van der Waals surface area contributed by atoms with Crippen molar-refractivity contribution in [1.29, 1.82) is 0 Å². The molecule has 8 heteroatoms. The summed E-state index contributed by atoms with van der Waals surface area (Å²) in [5, 5.41) is 7.13. The number of hydrogen-bond acceptors (Lipinski definition) is 6. The van der Waals surface area contributed by atoms with Crippen LogP contribution in [0.15, 0.2) is 0 Å². The molecular weight excluding hydrogens is 269 g/mol. The maximum atomic E-state index is 5.71. The van der Waals surface area contributed by atoms with E-state index >= 15 is 0 Å². The molecule has 0 fully saturated rings. The molecule has 1 heterocycles. The molecule has 6 nitrogen and oxygen atoms in total. The summed E-state index contributed by atoms with van der Waals surface area (Å²) in [6.45, 7) is 2.14. The molecule has 1 rings (SSSR count). The first-order chi connectivity index (χ1) is 8.24. The molecule has 0 atom stereocenters. The molecule has 0 saturated carbocycles. The molecule has 96 valence electrons. The minimum atomic E-state index is 0.000689. The van der Waals surface area contributed by atoms with Gasteiger partial charge in [0.1, 0.15) is 0 Å². The summed E-state index contributed by atoms with van der Waals surface area (Å²) >= 11 is 11.3. The number of aromatic nitrogens is 3. The summed E-state index contributed by atoms with van der Waals surface area (Å²) in [6.07, 6.45) is 0.710. The van der Waals surface area contributed by atoms with E-state index in [0.29, 0.717) is 32.8 Å². The molecular formula is C9H13Cl2N3O3. The zero-order chi connectivity index (χ0) is 12.5. The minimum Gasteiger partial charge on any atom is -0.475 e. The molecule has 0 bridgehead atoms. The standard InChI is InChI=1S/C9H13Cl2N3O3/c1-15-5-6-16-3-2-4-17-8-7(10)13-14-9(11)12-8/h2-6H2,1H3. The zero-order valence-electron chi connectivity index (χ0n) is 9.36. The lowest BCUT2D eigenvalue weighted by atomic mass is 10.5. The zero-order valence-corrected chi connectivity index (χ0v) is 10.9. The van der Waals surface area contributed by atoms with Crippen LogP contribution in [0.4, 0.5) is 0 Å². The van der Waals surface area contributed by atoms with E-state index in [2.05, 4.69) is 15.2 Å². The summed E-state index contributed by atoms with van der Waals surface area (Å²) in [5.74, 6) is 0.184. The van der Waals surface area contributed by atoms with Crippen LogP contribution in [0.2, 0.25) is 10.4 Å². The van der Waals surface area contributed by atoms with Crippen LogP contribution < -0.4 is 4.74 Å². The Bertz CT molecular complexity index is 341. The number of hydrogen-bond donors (Lipinski definition) is 0. The van der Waals surface area contributed by atoms with Crippen LogP contribution in [0.3, 0.4) is 0 Å². The third-order valence-corrected chi connectivity index (χ3v) is 2.09. The van der Waals surface area contributed by atoms with Crippen LogP contribution >= 0.6 is 23.2 Å². The van der Waals surface area contributed by atoms with E-state index in [9.17, 15) is 0 Å². The predicted octanol–water partition coefficient (Wildman–Crippen LogP) is 1.61. The van der Waals surface area contributed by atoms with E-state index < -0.39 is 0 Å². The van der Waals surface area contributed by atoms with Gasteiger partial charge >= 0.3 is 0 Å². The van der Waals surface area contributed by atoms with Crippen molar-refractivity contribution in [3.63, 3.8) is 0 Å². The summed E-state index contributed by atoms with van der Waals surface area (Å²) < 4.78 is 15.4. The van der Waals surface area contributed by atoms with Crippen molar-refractivity contribution < 1.29 is 14.2 Å². The smallest absolute Gasteiger partial charge is 0.256 e. The highest BCUT2D eigenvalue weighted by Gasteiger charge is 2.06. The lowest BCUT2D eigenvalue weighted by molar-refractivity contribution is 0.0641. The van der Waals surface area contributed by atoms with Crippen molar-refractivity contribution in [2.45, 2.75) is 6.42 Å². The van der Waals surface area contributed by atoms with Gasteiger partial charge in [0, 0.05) is 20.1 Å². The molecule has 1 aromatic heterocycles. The molecule has 1 aromatic rings. The minimum absolute atomic E-state index is 0.000689. The average molecular weight is 282 g/mol. The van der Waals surface area contributed by atoms with E-state index in [1.807, 2.05) is 0 Å². The SMILES string of the molecule is COCCOCCCOc1nc(Cl)nnc1Cl.